The van der Waals surface area contributed by atoms with Crippen LogP contribution in [0.2, 0.25) is 0 Å². The second kappa shape index (κ2) is 5.10. The molecule has 0 radical (unpaired) electrons. The average molecular weight is 278 g/mol. The fourth-order valence-electron chi connectivity index (χ4n) is 1.80. The largest absolute Gasteiger partial charge is 0.481 e. The normalized spacial score (nSPS) is 12.2. The van der Waals surface area contributed by atoms with Crippen LogP contribution >= 0.6 is 0 Å². The number of nitro groups is 1. The van der Waals surface area contributed by atoms with E-state index < -0.39 is 28.8 Å². The molecule has 3 N–H and O–H groups in total. The summed E-state index contributed by atoms with van der Waals surface area (Å²) in [5.41, 5.74) is 4.93. The molecule has 1 atom stereocenters. The number of non-ortho nitro benzene ring substituents is 1. The Morgan fingerprint density at radius 1 is 1.50 bits per heavy atom. The molecule has 8 heteroatoms. The maximum atomic E-state index is 12.2. The van der Waals surface area contributed by atoms with Crippen molar-refractivity contribution in [1.82, 2.24) is 0 Å². The van der Waals surface area contributed by atoms with E-state index >= 15 is 0 Å². The van der Waals surface area contributed by atoms with Gasteiger partial charge in [-0.3, -0.25) is 19.7 Å². The molecule has 104 valence electrons. The minimum atomic E-state index is -1.16. The van der Waals surface area contributed by atoms with Gasteiger partial charge < -0.3 is 15.3 Å². The summed E-state index contributed by atoms with van der Waals surface area (Å²) in [4.78, 5) is 32.8. The predicted octanol–water partition coefficient (Wildman–Crippen LogP) is 1.18. The van der Waals surface area contributed by atoms with Crippen LogP contribution < -0.4 is 11.2 Å². The molecule has 1 aromatic carbocycles. The van der Waals surface area contributed by atoms with E-state index in [4.69, 9.17) is 15.3 Å². The Morgan fingerprint density at radius 2 is 2.20 bits per heavy atom. The van der Waals surface area contributed by atoms with Crippen LogP contribution in [0.4, 0.5) is 5.69 Å². The Hall–Kier alpha value is -2.74. The van der Waals surface area contributed by atoms with Crippen LogP contribution in [0, 0.1) is 10.1 Å². The highest BCUT2D eigenvalue weighted by molar-refractivity contribution is 5.79. The minimum Gasteiger partial charge on any atom is -0.481 e. The molecule has 8 nitrogen and oxygen atoms in total. The lowest BCUT2D eigenvalue weighted by molar-refractivity contribution is -0.384. The molecule has 0 saturated carbocycles. The van der Waals surface area contributed by atoms with Gasteiger partial charge in [0.2, 0.25) is 0 Å². The third-order valence-corrected chi connectivity index (χ3v) is 2.79. The van der Waals surface area contributed by atoms with Gasteiger partial charge in [0, 0.05) is 18.2 Å². The van der Waals surface area contributed by atoms with Crippen LogP contribution in [0.5, 0.6) is 0 Å². The van der Waals surface area contributed by atoms with Gasteiger partial charge >= 0.3 is 5.97 Å². The number of hydrogen-bond donors (Lipinski definition) is 2. The molecule has 0 bridgehead atoms. The van der Waals surface area contributed by atoms with Crippen LogP contribution in [0.25, 0.3) is 11.0 Å². The number of carboxylic acids is 1. The van der Waals surface area contributed by atoms with E-state index in [1.165, 1.54) is 12.1 Å². The van der Waals surface area contributed by atoms with E-state index in [0.29, 0.717) is 0 Å². The van der Waals surface area contributed by atoms with E-state index in [1.807, 2.05) is 0 Å². The molecule has 0 fully saturated rings. The van der Waals surface area contributed by atoms with E-state index in [2.05, 4.69) is 0 Å². The van der Waals surface area contributed by atoms with Gasteiger partial charge in [-0.05, 0) is 6.07 Å². The zero-order valence-electron chi connectivity index (χ0n) is 10.1. The second-order valence-electron chi connectivity index (χ2n) is 4.16. The maximum absolute atomic E-state index is 12.2. The number of hydrogen-bond acceptors (Lipinski definition) is 6. The smallest absolute Gasteiger partial charge is 0.305 e. The molecule has 2 rings (SSSR count). The zero-order valence-corrected chi connectivity index (χ0v) is 10.1. The van der Waals surface area contributed by atoms with Gasteiger partial charge in [-0.15, -0.1) is 0 Å². The van der Waals surface area contributed by atoms with Crippen molar-refractivity contribution in [1.29, 1.82) is 0 Å². The van der Waals surface area contributed by atoms with E-state index in [1.54, 1.807) is 0 Å². The Morgan fingerprint density at radius 3 is 2.80 bits per heavy atom. The van der Waals surface area contributed by atoms with Crippen LogP contribution in [-0.2, 0) is 4.79 Å². The predicted molar refractivity (Wildman–Crippen MR) is 68.3 cm³/mol. The molecule has 1 unspecified atom stereocenters. The van der Waals surface area contributed by atoms with Crippen molar-refractivity contribution in [2.24, 2.45) is 5.73 Å². The standard InChI is InChI=1S/C12H10N2O6/c13-9(4-11(15)16)8-5-20-10-2-1-6(14(18)19)3-7(10)12(8)17/h1-3,5,9H,4,13H2,(H,15,16). The van der Waals surface area contributed by atoms with Crippen molar-refractivity contribution >= 4 is 22.6 Å². The number of carbonyl (C=O) groups is 1. The first-order valence-corrected chi connectivity index (χ1v) is 5.57. The SMILES string of the molecule is NC(CC(=O)O)c1coc2ccc([N+](=O)[O-])cc2c1=O. The monoisotopic (exact) mass is 278 g/mol. The van der Waals surface area contributed by atoms with Crippen molar-refractivity contribution in [3.05, 3.63) is 50.4 Å². The highest BCUT2D eigenvalue weighted by atomic mass is 16.6. The Bertz CT molecular complexity index is 751. The summed E-state index contributed by atoms with van der Waals surface area (Å²) in [5.74, 6) is -1.16. The fourth-order valence-corrected chi connectivity index (χ4v) is 1.80. The van der Waals surface area contributed by atoms with Crippen molar-refractivity contribution in [2.75, 3.05) is 0 Å². The zero-order chi connectivity index (χ0) is 14.9. The number of benzene rings is 1. The van der Waals surface area contributed by atoms with Gasteiger partial charge in [-0.25, -0.2) is 0 Å². The van der Waals surface area contributed by atoms with Crippen LogP contribution in [0.1, 0.15) is 18.0 Å². The maximum Gasteiger partial charge on any atom is 0.305 e. The average Bonchev–Trinajstić information content (AvgIpc) is 2.37. The molecule has 0 saturated heterocycles. The molecule has 0 aliphatic rings. The van der Waals surface area contributed by atoms with E-state index in [-0.39, 0.29) is 22.2 Å². The molecule has 0 spiro atoms. The highest BCUT2D eigenvalue weighted by Gasteiger charge is 2.18. The number of nitro benzene ring substituents is 1. The van der Waals surface area contributed by atoms with Crippen molar-refractivity contribution in [3.8, 4) is 0 Å². The summed E-state index contributed by atoms with van der Waals surface area (Å²) in [6, 6.07) is 2.56. The van der Waals surface area contributed by atoms with Gasteiger partial charge in [0.1, 0.15) is 5.58 Å². The number of rotatable bonds is 4. The second-order valence-corrected chi connectivity index (χ2v) is 4.16. The third-order valence-electron chi connectivity index (χ3n) is 2.79. The summed E-state index contributed by atoms with van der Waals surface area (Å²) in [6.45, 7) is 0. The molecule has 0 aliphatic carbocycles. The van der Waals surface area contributed by atoms with Gasteiger partial charge in [0.25, 0.3) is 5.69 Å². The third kappa shape index (κ3) is 2.50. The first-order chi connectivity index (χ1) is 9.40. The van der Waals surface area contributed by atoms with Crippen LogP contribution in [0.3, 0.4) is 0 Å². The minimum absolute atomic E-state index is 0.00228. The number of nitrogens with two attached hydrogens (primary N) is 1. The number of fused-ring (bicyclic) bond motifs is 1. The van der Waals surface area contributed by atoms with Gasteiger partial charge in [0.15, 0.2) is 5.43 Å². The molecular formula is C12H10N2O6. The van der Waals surface area contributed by atoms with Crippen molar-refractivity contribution in [3.63, 3.8) is 0 Å². The lowest BCUT2D eigenvalue weighted by atomic mass is 10.0. The molecule has 0 amide bonds. The molecule has 20 heavy (non-hydrogen) atoms. The summed E-state index contributed by atoms with van der Waals surface area (Å²) < 4.78 is 5.17. The molecular weight excluding hydrogens is 268 g/mol. The lowest BCUT2D eigenvalue weighted by Gasteiger charge is -2.08. The van der Waals surface area contributed by atoms with Crippen LogP contribution in [-0.4, -0.2) is 16.0 Å². The summed E-state index contributed by atoms with van der Waals surface area (Å²) >= 11 is 0. The van der Waals surface area contributed by atoms with Gasteiger partial charge in [-0.2, -0.15) is 0 Å². The molecule has 2 aromatic rings. The first-order valence-electron chi connectivity index (χ1n) is 5.57. The summed E-state index contributed by atoms with van der Waals surface area (Å²) in [7, 11) is 0. The Kier molecular flexibility index (Phi) is 3.49. The van der Waals surface area contributed by atoms with Crippen LogP contribution in [0.15, 0.2) is 33.7 Å². The van der Waals surface area contributed by atoms with E-state index in [0.717, 1.165) is 12.3 Å². The lowest BCUT2D eigenvalue weighted by Crippen LogP contribution is -2.22. The molecule has 0 aliphatic heterocycles. The quantitative estimate of drug-likeness (QED) is 0.632. The Balaban J connectivity index is 2.59. The fraction of sp³-hybridized carbons (Fsp3) is 0.167. The molecule has 1 heterocycles. The first kappa shape index (κ1) is 13.7. The summed E-state index contributed by atoms with van der Waals surface area (Å²) in [5, 5.41) is 19.4. The summed E-state index contributed by atoms with van der Waals surface area (Å²) in [6.07, 6.45) is 0.648. The van der Waals surface area contributed by atoms with Crippen molar-refractivity contribution in [2.45, 2.75) is 12.5 Å². The topological polar surface area (TPSA) is 137 Å². The Labute approximate surface area is 111 Å². The molecule has 1 aromatic heterocycles. The van der Waals surface area contributed by atoms with Gasteiger partial charge in [-0.1, -0.05) is 0 Å². The van der Waals surface area contributed by atoms with Gasteiger partial charge in [0.05, 0.1) is 28.6 Å². The van der Waals surface area contributed by atoms with Crippen molar-refractivity contribution < 1.29 is 19.2 Å². The number of nitrogens with zero attached hydrogens (tertiary/aromatic N) is 1. The number of carboxylic acid groups (broad SMARTS) is 1. The highest BCUT2D eigenvalue weighted by Crippen LogP contribution is 2.20. The number of aliphatic carboxylic acids is 1. The van der Waals surface area contributed by atoms with E-state index in [9.17, 15) is 19.7 Å².